The minimum atomic E-state index is -0.860. The maximum atomic E-state index is 11.7. The van der Waals surface area contributed by atoms with E-state index in [9.17, 15) is 4.79 Å². The van der Waals surface area contributed by atoms with Crippen LogP contribution in [0.15, 0.2) is 0 Å². The number of rotatable bonds is 7. The summed E-state index contributed by atoms with van der Waals surface area (Å²) < 4.78 is 9.98. The Balaban J connectivity index is 4.21. The zero-order valence-corrected chi connectivity index (χ0v) is 9.87. The van der Waals surface area contributed by atoms with Crippen LogP contribution in [-0.2, 0) is 14.3 Å². The van der Waals surface area contributed by atoms with Crippen LogP contribution < -0.4 is 5.32 Å². The fourth-order valence-corrected chi connectivity index (χ4v) is 1.01. The number of carbonyl (C=O) groups excluding carboxylic acids is 1. The van der Waals surface area contributed by atoms with Gasteiger partial charge in [-0.15, -0.1) is 0 Å². The Kier molecular flexibility index (Phi) is 6.47. The highest BCUT2D eigenvalue weighted by molar-refractivity contribution is 5.84. The minimum absolute atomic E-state index is 0.0156. The number of nitrogens with one attached hydrogen (secondary N) is 1. The number of carbonyl (C=O) groups is 1. The molecule has 0 radical (unpaired) electrons. The number of hydrogen-bond acceptors (Lipinski definition) is 4. The first kappa shape index (κ1) is 14.3. The van der Waals surface area contributed by atoms with Crippen LogP contribution in [0.4, 0.5) is 0 Å². The van der Waals surface area contributed by atoms with Crippen molar-refractivity contribution >= 4 is 5.91 Å². The molecule has 1 amide bonds. The molecule has 0 saturated heterocycles. The number of methoxy groups -OCH3 is 2. The van der Waals surface area contributed by atoms with E-state index in [1.165, 1.54) is 7.11 Å². The highest BCUT2D eigenvalue weighted by Gasteiger charge is 2.28. The molecule has 0 rings (SSSR count). The lowest BCUT2D eigenvalue weighted by molar-refractivity contribution is -0.140. The first-order chi connectivity index (χ1) is 6.97. The summed E-state index contributed by atoms with van der Waals surface area (Å²) in [6, 6.07) is -0.179. The van der Waals surface area contributed by atoms with Crippen LogP contribution in [0, 0.1) is 0 Å². The molecule has 1 atom stereocenters. The molecule has 0 fully saturated rings. The van der Waals surface area contributed by atoms with Crippen LogP contribution in [-0.4, -0.2) is 50.1 Å². The van der Waals surface area contributed by atoms with Gasteiger partial charge in [0.1, 0.15) is 5.60 Å². The van der Waals surface area contributed by atoms with Gasteiger partial charge in [-0.3, -0.25) is 4.79 Å². The molecule has 1 unspecified atom stereocenters. The summed E-state index contributed by atoms with van der Waals surface area (Å²) in [7, 11) is 3.04. The van der Waals surface area contributed by atoms with Gasteiger partial charge in [0.15, 0.2) is 0 Å². The lowest BCUT2D eigenvalue weighted by atomic mass is 10.1. The van der Waals surface area contributed by atoms with Crippen molar-refractivity contribution in [2.75, 3.05) is 27.4 Å². The first-order valence-electron chi connectivity index (χ1n) is 4.93. The summed E-state index contributed by atoms with van der Waals surface area (Å²) in [4.78, 5) is 11.7. The van der Waals surface area contributed by atoms with Crippen molar-refractivity contribution in [3.63, 3.8) is 0 Å². The SMILES string of the molecule is COCC(CCO)NC(=O)C(C)(C)OC. The second-order valence-corrected chi connectivity index (χ2v) is 3.85. The van der Waals surface area contributed by atoms with Crippen molar-refractivity contribution in [3.8, 4) is 0 Å². The Bertz CT molecular complexity index is 188. The molecule has 0 saturated carbocycles. The monoisotopic (exact) mass is 219 g/mol. The molecule has 0 aliphatic heterocycles. The zero-order chi connectivity index (χ0) is 11.9. The highest BCUT2D eigenvalue weighted by atomic mass is 16.5. The molecule has 0 spiro atoms. The summed E-state index contributed by atoms with van der Waals surface area (Å²) in [5, 5.41) is 11.6. The van der Waals surface area contributed by atoms with E-state index in [1.807, 2.05) is 0 Å². The molecule has 0 aromatic carbocycles. The topological polar surface area (TPSA) is 67.8 Å². The van der Waals surface area contributed by atoms with E-state index in [0.717, 1.165) is 0 Å². The van der Waals surface area contributed by atoms with Crippen molar-refractivity contribution in [2.45, 2.75) is 31.9 Å². The Labute approximate surface area is 90.8 Å². The smallest absolute Gasteiger partial charge is 0.251 e. The minimum Gasteiger partial charge on any atom is -0.396 e. The van der Waals surface area contributed by atoms with Gasteiger partial charge in [-0.1, -0.05) is 0 Å². The highest BCUT2D eigenvalue weighted by Crippen LogP contribution is 2.08. The van der Waals surface area contributed by atoms with Crippen LogP contribution in [0.5, 0.6) is 0 Å². The van der Waals surface area contributed by atoms with Crippen LogP contribution >= 0.6 is 0 Å². The van der Waals surface area contributed by atoms with Crippen LogP contribution in [0.25, 0.3) is 0 Å². The number of aliphatic hydroxyl groups is 1. The van der Waals surface area contributed by atoms with Gasteiger partial charge in [0, 0.05) is 20.8 Å². The number of amides is 1. The third kappa shape index (κ3) is 5.11. The van der Waals surface area contributed by atoms with E-state index in [1.54, 1.807) is 21.0 Å². The number of hydrogen-bond donors (Lipinski definition) is 2. The fraction of sp³-hybridized carbons (Fsp3) is 0.900. The normalized spacial score (nSPS) is 13.7. The third-order valence-corrected chi connectivity index (χ3v) is 2.24. The van der Waals surface area contributed by atoms with E-state index in [4.69, 9.17) is 14.6 Å². The molecule has 2 N–H and O–H groups in total. The average molecular weight is 219 g/mol. The van der Waals surface area contributed by atoms with Gasteiger partial charge in [0.05, 0.1) is 12.6 Å². The molecule has 0 aromatic rings. The third-order valence-electron chi connectivity index (χ3n) is 2.24. The molecule has 5 nitrogen and oxygen atoms in total. The predicted octanol–water partition coefficient (Wildman–Crippen LogP) is -0.0750. The van der Waals surface area contributed by atoms with E-state index in [2.05, 4.69) is 5.32 Å². The van der Waals surface area contributed by atoms with E-state index < -0.39 is 5.60 Å². The summed E-state index contributed by atoms with van der Waals surface area (Å²) in [6.45, 7) is 3.77. The maximum absolute atomic E-state index is 11.7. The molecule has 0 aromatic heterocycles. The standard InChI is InChI=1S/C10H21NO4/c1-10(2,15-4)9(13)11-8(5-6-12)7-14-3/h8,12H,5-7H2,1-4H3,(H,11,13). The van der Waals surface area contributed by atoms with Crippen LogP contribution in [0.1, 0.15) is 20.3 Å². The van der Waals surface area contributed by atoms with Gasteiger partial charge in [0.25, 0.3) is 5.91 Å². The average Bonchev–Trinajstić information content (AvgIpc) is 2.18. The van der Waals surface area contributed by atoms with Crippen LogP contribution in [0.3, 0.4) is 0 Å². The molecule has 5 heteroatoms. The summed E-state index contributed by atoms with van der Waals surface area (Å²) in [5.41, 5.74) is -0.860. The van der Waals surface area contributed by atoms with Crippen molar-refractivity contribution < 1.29 is 19.4 Å². The van der Waals surface area contributed by atoms with Gasteiger partial charge >= 0.3 is 0 Å². The molecule has 0 aliphatic carbocycles. The Morgan fingerprint density at radius 3 is 2.47 bits per heavy atom. The second-order valence-electron chi connectivity index (χ2n) is 3.85. The predicted molar refractivity (Wildman–Crippen MR) is 56.6 cm³/mol. The summed E-state index contributed by atoms with van der Waals surface area (Å²) in [5.74, 6) is -0.208. The molecule has 90 valence electrons. The second kappa shape index (κ2) is 6.76. The lowest BCUT2D eigenvalue weighted by Crippen LogP contribution is -2.49. The molecular weight excluding hydrogens is 198 g/mol. The number of ether oxygens (including phenoxy) is 2. The summed E-state index contributed by atoms with van der Waals surface area (Å²) in [6.07, 6.45) is 0.472. The van der Waals surface area contributed by atoms with Gasteiger partial charge < -0.3 is 19.9 Å². The Hall–Kier alpha value is -0.650. The van der Waals surface area contributed by atoms with Crippen molar-refractivity contribution in [3.05, 3.63) is 0 Å². The van der Waals surface area contributed by atoms with Gasteiger partial charge in [0.2, 0.25) is 0 Å². The van der Waals surface area contributed by atoms with E-state index in [-0.39, 0.29) is 18.6 Å². The molecule has 0 heterocycles. The quantitative estimate of drug-likeness (QED) is 0.628. The van der Waals surface area contributed by atoms with Crippen molar-refractivity contribution in [2.24, 2.45) is 0 Å². The number of aliphatic hydroxyl groups excluding tert-OH is 1. The first-order valence-corrected chi connectivity index (χ1v) is 4.93. The van der Waals surface area contributed by atoms with E-state index >= 15 is 0 Å². The maximum Gasteiger partial charge on any atom is 0.251 e. The molecular formula is C10H21NO4. The zero-order valence-electron chi connectivity index (χ0n) is 9.87. The molecule has 0 aliphatic rings. The lowest BCUT2D eigenvalue weighted by Gasteiger charge is -2.25. The van der Waals surface area contributed by atoms with Crippen LogP contribution in [0.2, 0.25) is 0 Å². The van der Waals surface area contributed by atoms with Crippen molar-refractivity contribution in [1.82, 2.24) is 5.32 Å². The van der Waals surface area contributed by atoms with Gasteiger partial charge in [-0.2, -0.15) is 0 Å². The Morgan fingerprint density at radius 2 is 2.07 bits per heavy atom. The fourth-order valence-electron chi connectivity index (χ4n) is 1.01. The van der Waals surface area contributed by atoms with E-state index in [0.29, 0.717) is 13.0 Å². The largest absolute Gasteiger partial charge is 0.396 e. The molecule has 0 bridgehead atoms. The van der Waals surface area contributed by atoms with Crippen molar-refractivity contribution in [1.29, 1.82) is 0 Å². The summed E-state index contributed by atoms with van der Waals surface area (Å²) >= 11 is 0. The van der Waals surface area contributed by atoms with Gasteiger partial charge in [-0.05, 0) is 20.3 Å². The van der Waals surface area contributed by atoms with Gasteiger partial charge in [-0.25, -0.2) is 0 Å². The Morgan fingerprint density at radius 1 is 1.47 bits per heavy atom. The molecule has 15 heavy (non-hydrogen) atoms.